The Balaban J connectivity index is 1.81. The number of fused-ring (bicyclic) bond motifs is 1. The lowest BCUT2D eigenvalue weighted by Gasteiger charge is -2.32. The van der Waals surface area contributed by atoms with Crippen molar-refractivity contribution in [3.63, 3.8) is 0 Å². The Kier molecular flexibility index (Phi) is 4.13. The summed E-state index contributed by atoms with van der Waals surface area (Å²) < 4.78 is 22.4. The van der Waals surface area contributed by atoms with Gasteiger partial charge < -0.3 is 24.1 Å². The van der Waals surface area contributed by atoms with Crippen molar-refractivity contribution < 1.29 is 28.8 Å². The van der Waals surface area contributed by atoms with Crippen molar-refractivity contribution in [2.24, 2.45) is 5.41 Å². The summed E-state index contributed by atoms with van der Waals surface area (Å²) >= 11 is 0. The third kappa shape index (κ3) is 2.85. The topological polar surface area (TPSA) is 74.2 Å². The van der Waals surface area contributed by atoms with E-state index < -0.39 is 29.4 Å². The number of carbonyl (C=O) groups excluding carboxylic acids is 1. The van der Waals surface area contributed by atoms with Crippen LogP contribution in [0.5, 0.6) is 11.5 Å². The van der Waals surface area contributed by atoms with Crippen LogP contribution in [0.2, 0.25) is 0 Å². The molecule has 0 radical (unpaired) electrons. The molecule has 0 bridgehead atoms. The number of hydrogen-bond acceptors (Lipinski definition) is 6. The molecule has 6 nitrogen and oxygen atoms in total. The highest BCUT2D eigenvalue weighted by atomic mass is 16.8. The lowest BCUT2D eigenvalue weighted by Crippen LogP contribution is -2.41. The van der Waals surface area contributed by atoms with E-state index >= 15 is 0 Å². The van der Waals surface area contributed by atoms with Crippen molar-refractivity contribution in [2.45, 2.75) is 38.8 Å². The van der Waals surface area contributed by atoms with E-state index in [1.165, 1.54) is 0 Å². The highest BCUT2D eigenvalue weighted by Crippen LogP contribution is 2.49. The number of aliphatic hydroxyl groups excluding tert-OH is 1. The molecule has 6 heteroatoms. The van der Waals surface area contributed by atoms with Crippen LogP contribution in [0.25, 0.3) is 0 Å². The molecule has 0 amide bonds. The van der Waals surface area contributed by atoms with Gasteiger partial charge in [0.05, 0.1) is 0 Å². The average Bonchev–Trinajstić information content (AvgIpc) is 3.25. The molecule has 2 aliphatic heterocycles. The molecule has 142 valence electrons. The number of esters is 1. The summed E-state index contributed by atoms with van der Waals surface area (Å²) in [5, 5.41) is 11.3. The molecule has 1 saturated heterocycles. The quantitative estimate of drug-likeness (QED) is 0.836. The number of cyclic esters (lactones) is 1. The zero-order valence-corrected chi connectivity index (χ0v) is 15.5. The van der Waals surface area contributed by atoms with Gasteiger partial charge in [-0.25, -0.2) is 4.79 Å². The van der Waals surface area contributed by atoms with Crippen molar-refractivity contribution >= 4 is 5.97 Å². The van der Waals surface area contributed by atoms with Crippen LogP contribution in [0.4, 0.5) is 0 Å². The van der Waals surface area contributed by atoms with Gasteiger partial charge in [-0.1, -0.05) is 57.2 Å². The molecule has 4 rings (SSSR count). The Morgan fingerprint density at radius 1 is 1.07 bits per heavy atom. The predicted molar refractivity (Wildman–Crippen MR) is 96.1 cm³/mol. The van der Waals surface area contributed by atoms with E-state index in [1.807, 2.05) is 26.8 Å². The molecule has 2 aliphatic rings. The Labute approximate surface area is 157 Å². The Bertz CT molecular complexity index is 857. The molecule has 0 saturated carbocycles. The fourth-order valence-electron chi connectivity index (χ4n) is 3.30. The van der Waals surface area contributed by atoms with E-state index in [4.69, 9.17) is 18.9 Å². The highest BCUT2D eigenvalue weighted by molar-refractivity contribution is 5.84. The molecule has 0 spiro atoms. The minimum absolute atomic E-state index is 0.128. The number of hydrogen-bond donors (Lipinski definition) is 1. The Morgan fingerprint density at radius 3 is 2.44 bits per heavy atom. The van der Waals surface area contributed by atoms with Gasteiger partial charge in [-0.3, -0.25) is 0 Å². The van der Waals surface area contributed by atoms with Gasteiger partial charge in [-0.2, -0.15) is 0 Å². The van der Waals surface area contributed by atoms with E-state index in [1.54, 1.807) is 42.5 Å². The second-order valence-electron chi connectivity index (χ2n) is 7.84. The standard InChI is InChI=1S/C21H22O6/c1-20(2,3)19-26-18(23)21(27-19,14-7-5-4-6-8-14)17(22)13-9-10-15-16(11-13)25-12-24-15/h4-11,17,19,22H,12H2,1-3H3/t17-,19+,21+/m0/s1. The van der Waals surface area contributed by atoms with Gasteiger partial charge in [0.2, 0.25) is 18.7 Å². The van der Waals surface area contributed by atoms with Gasteiger partial charge in [-0.05, 0) is 23.3 Å². The maximum Gasteiger partial charge on any atom is 0.348 e. The van der Waals surface area contributed by atoms with Gasteiger partial charge >= 0.3 is 5.97 Å². The maximum atomic E-state index is 13.0. The summed E-state index contributed by atoms with van der Waals surface area (Å²) in [5.41, 5.74) is -1.09. The van der Waals surface area contributed by atoms with Crippen molar-refractivity contribution in [1.29, 1.82) is 0 Å². The second kappa shape index (κ2) is 6.25. The molecule has 3 atom stereocenters. The van der Waals surface area contributed by atoms with Crippen LogP contribution in [-0.4, -0.2) is 24.2 Å². The van der Waals surface area contributed by atoms with Crippen LogP contribution in [0, 0.1) is 5.41 Å². The highest BCUT2D eigenvalue weighted by Gasteiger charge is 2.59. The van der Waals surface area contributed by atoms with Gasteiger partial charge in [0, 0.05) is 5.41 Å². The molecule has 1 N–H and O–H groups in total. The predicted octanol–water partition coefficient (Wildman–Crippen LogP) is 3.29. The first-order valence-corrected chi connectivity index (χ1v) is 8.84. The maximum absolute atomic E-state index is 13.0. The monoisotopic (exact) mass is 370 g/mol. The number of carbonyl (C=O) groups is 1. The Morgan fingerprint density at radius 2 is 1.78 bits per heavy atom. The summed E-state index contributed by atoms with van der Waals surface area (Å²) in [5.74, 6) is 0.509. The average molecular weight is 370 g/mol. The van der Waals surface area contributed by atoms with Gasteiger partial charge in [0.1, 0.15) is 6.10 Å². The van der Waals surface area contributed by atoms with Gasteiger partial charge in [-0.15, -0.1) is 0 Å². The first kappa shape index (κ1) is 17.8. The summed E-state index contributed by atoms with van der Waals surface area (Å²) in [6, 6.07) is 14.0. The van der Waals surface area contributed by atoms with Crippen LogP contribution in [0.15, 0.2) is 48.5 Å². The van der Waals surface area contributed by atoms with Crippen LogP contribution in [0.3, 0.4) is 0 Å². The largest absolute Gasteiger partial charge is 0.454 e. The normalized spacial score (nSPS) is 25.3. The molecule has 0 unspecified atom stereocenters. The number of ether oxygens (including phenoxy) is 4. The van der Waals surface area contributed by atoms with Gasteiger partial charge in [0.25, 0.3) is 0 Å². The SMILES string of the molecule is CC(C)(C)[C@@H]1OC(=O)[C@@](c2ccccc2)([C@@H](O)c2ccc3c(c2)OCO3)O1. The van der Waals surface area contributed by atoms with E-state index in [9.17, 15) is 9.90 Å². The second-order valence-corrected chi connectivity index (χ2v) is 7.84. The molecule has 0 aromatic heterocycles. The Hall–Kier alpha value is -2.57. The summed E-state index contributed by atoms with van der Waals surface area (Å²) in [6.45, 7) is 5.88. The summed E-state index contributed by atoms with van der Waals surface area (Å²) in [6.07, 6.45) is -2.07. The van der Waals surface area contributed by atoms with Crippen LogP contribution < -0.4 is 9.47 Å². The lowest BCUT2D eigenvalue weighted by atomic mass is 9.84. The van der Waals surface area contributed by atoms with E-state index in [2.05, 4.69) is 0 Å². The van der Waals surface area contributed by atoms with E-state index in [0.717, 1.165) is 0 Å². The van der Waals surface area contributed by atoms with E-state index in [0.29, 0.717) is 22.6 Å². The molecule has 2 aromatic carbocycles. The fraction of sp³-hybridized carbons (Fsp3) is 0.381. The molecule has 2 aromatic rings. The smallest absolute Gasteiger partial charge is 0.348 e. The minimum Gasteiger partial charge on any atom is -0.454 e. The summed E-state index contributed by atoms with van der Waals surface area (Å²) in [4.78, 5) is 13.0. The number of aliphatic hydroxyl groups is 1. The zero-order chi connectivity index (χ0) is 19.2. The lowest BCUT2D eigenvalue weighted by molar-refractivity contribution is -0.176. The molecule has 27 heavy (non-hydrogen) atoms. The third-order valence-electron chi connectivity index (χ3n) is 4.82. The first-order chi connectivity index (χ1) is 12.8. The number of benzene rings is 2. The minimum atomic E-state index is -1.66. The van der Waals surface area contributed by atoms with E-state index in [-0.39, 0.29) is 6.79 Å². The van der Waals surface area contributed by atoms with Crippen LogP contribution in [-0.2, 0) is 19.9 Å². The number of rotatable bonds is 3. The molecule has 1 fully saturated rings. The zero-order valence-electron chi connectivity index (χ0n) is 15.5. The molecule has 0 aliphatic carbocycles. The molecular weight excluding hydrogens is 348 g/mol. The van der Waals surface area contributed by atoms with Crippen molar-refractivity contribution in [2.75, 3.05) is 6.79 Å². The summed E-state index contributed by atoms with van der Waals surface area (Å²) in [7, 11) is 0. The first-order valence-electron chi connectivity index (χ1n) is 8.84. The molecule has 2 heterocycles. The van der Waals surface area contributed by atoms with Crippen molar-refractivity contribution in [1.82, 2.24) is 0 Å². The third-order valence-corrected chi connectivity index (χ3v) is 4.82. The fourth-order valence-corrected chi connectivity index (χ4v) is 3.30. The van der Waals surface area contributed by atoms with Gasteiger partial charge in [0.15, 0.2) is 11.5 Å². The molecular formula is C21H22O6. The van der Waals surface area contributed by atoms with Crippen LogP contribution >= 0.6 is 0 Å². The van der Waals surface area contributed by atoms with Crippen molar-refractivity contribution in [3.05, 3.63) is 59.7 Å². The van der Waals surface area contributed by atoms with Crippen LogP contribution in [0.1, 0.15) is 38.0 Å². The van der Waals surface area contributed by atoms with Crippen molar-refractivity contribution in [3.8, 4) is 11.5 Å².